The molecule has 1 heterocycles. The predicted octanol–water partition coefficient (Wildman–Crippen LogP) is 2.72. The highest BCUT2D eigenvalue weighted by Gasteiger charge is 2.22. The van der Waals surface area contributed by atoms with Gasteiger partial charge in [-0.15, -0.1) is 0 Å². The van der Waals surface area contributed by atoms with Crippen LogP contribution in [0.4, 0.5) is 0 Å². The molecule has 1 aromatic rings. The van der Waals surface area contributed by atoms with Gasteiger partial charge in [-0.25, -0.2) is 0 Å². The Kier molecular flexibility index (Phi) is 8.77. The number of rotatable bonds is 8. The number of nitrogens with zero attached hydrogens (tertiary/aromatic N) is 2. The van der Waals surface area contributed by atoms with Gasteiger partial charge in [-0.3, -0.25) is 9.89 Å². The van der Waals surface area contributed by atoms with E-state index in [4.69, 9.17) is 9.73 Å². The van der Waals surface area contributed by atoms with Crippen LogP contribution in [-0.2, 0) is 4.74 Å². The number of aliphatic imine (C=N–C) groups is 1. The quantitative estimate of drug-likeness (QED) is 0.432. The summed E-state index contributed by atoms with van der Waals surface area (Å²) in [7, 11) is 0. The fourth-order valence-corrected chi connectivity index (χ4v) is 3.01. The first-order valence-electron chi connectivity index (χ1n) is 9.65. The van der Waals surface area contributed by atoms with E-state index in [0.717, 1.165) is 58.3 Å². The van der Waals surface area contributed by atoms with Gasteiger partial charge >= 0.3 is 0 Å². The molecule has 0 bridgehead atoms. The van der Waals surface area contributed by atoms with Crippen LogP contribution in [0.25, 0.3) is 0 Å². The molecule has 0 amide bonds. The van der Waals surface area contributed by atoms with Gasteiger partial charge in [0.15, 0.2) is 5.96 Å². The SMILES string of the molecule is CCCCNC(=NCC(c1ccc(C)cc1)N1CCOCC1)NCC. The molecule has 0 saturated carbocycles. The minimum absolute atomic E-state index is 0.297. The number of aryl methyl sites for hydroxylation is 1. The van der Waals surface area contributed by atoms with Crippen molar-refractivity contribution in [1.29, 1.82) is 0 Å². The van der Waals surface area contributed by atoms with E-state index in [0.29, 0.717) is 6.04 Å². The molecule has 1 aromatic carbocycles. The van der Waals surface area contributed by atoms with Gasteiger partial charge in [-0.2, -0.15) is 0 Å². The molecular weight excluding hydrogens is 312 g/mol. The second-order valence-electron chi connectivity index (χ2n) is 6.57. The third-order valence-corrected chi connectivity index (χ3v) is 4.54. The van der Waals surface area contributed by atoms with Crippen LogP contribution in [0.1, 0.15) is 43.9 Å². The summed E-state index contributed by atoms with van der Waals surface area (Å²) in [5, 5.41) is 6.79. The van der Waals surface area contributed by atoms with Gasteiger partial charge in [0.25, 0.3) is 0 Å². The van der Waals surface area contributed by atoms with Crippen molar-refractivity contribution in [3.63, 3.8) is 0 Å². The molecule has 0 aliphatic carbocycles. The second-order valence-corrected chi connectivity index (χ2v) is 6.57. The zero-order chi connectivity index (χ0) is 17.9. The summed E-state index contributed by atoms with van der Waals surface area (Å²) in [5.41, 5.74) is 2.63. The van der Waals surface area contributed by atoms with Crippen LogP contribution in [-0.4, -0.2) is 56.8 Å². The highest BCUT2D eigenvalue weighted by molar-refractivity contribution is 5.79. The van der Waals surface area contributed by atoms with Crippen molar-refractivity contribution in [3.05, 3.63) is 35.4 Å². The lowest BCUT2D eigenvalue weighted by molar-refractivity contribution is 0.0179. The fourth-order valence-electron chi connectivity index (χ4n) is 3.01. The van der Waals surface area contributed by atoms with Gasteiger partial charge in [-0.1, -0.05) is 43.2 Å². The molecule has 1 atom stereocenters. The Morgan fingerprint density at radius 1 is 1.16 bits per heavy atom. The van der Waals surface area contributed by atoms with E-state index in [2.05, 4.69) is 60.6 Å². The van der Waals surface area contributed by atoms with Crippen molar-refractivity contribution >= 4 is 5.96 Å². The Balaban J connectivity index is 2.10. The molecule has 5 nitrogen and oxygen atoms in total. The van der Waals surface area contributed by atoms with Crippen LogP contribution < -0.4 is 10.6 Å². The number of morpholine rings is 1. The predicted molar refractivity (Wildman–Crippen MR) is 105 cm³/mol. The number of ether oxygens (including phenoxy) is 1. The Hall–Kier alpha value is -1.59. The topological polar surface area (TPSA) is 48.9 Å². The Morgan fingerprint density at radius 2 is 1.88 bits per heavy atom. The van der Waals surface area contributed by atoms with Crippen molar-refractivity contribution < 1.29 is 4.74 Å². The van der Waals surface area contributed by atoms with Crippen molar-refractivity contribution in [2.45, 2.75) is 39.7 Å². The Morgan fingerprint density at radius 3 is 2.52 bits per heavy atom. The van der Waals surface area contributed by atoms with E-state index in [-0.39, 0.29) is 0 Å². The lowest BCUT2D eigenvalue weighted by Crippen LogP contribution is -2.42. The van der Waals surface area contributed by atoms with E-state index >= 15 is 0 Å². The maximum atomic E-state index is 5.53. The third kappa shape index (κ3) is 6.67. The monoisotopic (exact) mass is 346 g/mol. The molecule has 2 rings (SSSR count). The maximum Gasteiger partial charge on any atom is 0.191 e. The van der Waals surface area contributed by atoms with Crippen LogP contribution in [0, 0.1) is 6.92 Å². The Bertz CT molecular complexity index is 509. The molecule has 1 aliphatic rings. The zero-order valence-electron chi connectivity index (χ0n) is 16.1. The second kappa shape index (κ2) is 11.1. The molecule has 5 heteroatoms. The van der Waals surface area contributed by atoms with Crippen LogP contribution in [0.3, 0.4) is 0 Å². The van der Waals surface area contributed by atoms with E-state index in [1.165, 1.54) is 17.5 Å². The number of nitrogens with one attached hydrogen (secondary N) is 2. The average molecular weight is 347 g/mol. The number of benzene rings is 1. The Labute approximate surface area is 152 Å². The third-order valence-electron chi connectivity index (χ3n) is 4.54. The highest BCUT2D eigenvalue weighted by Crippen LogP contribution is 2.22. The summed E-state index contributed by atoms with van der Waals surface area (Å²) in [4.78, 5) is 7.36. The molecule has 1 aliphatic heterocycles. The fraction of sp³-hybridized carbons (Fsp3) is 0.650. The number of hydrogen-bond acceptors (Lipinski definition) is 3. The smallest absolute Gasteiger partial charge is 0.191 e. The molecule has 2 N–H and O–H groups in total. The lowest BCUT2D eigenvalue weighted by Gasteiger charge is -2.34. The summed E-state index contributed by atoms with van der Waals surface area (Å²) in [6.07, 6.45) is 2.35. The molecule has 1 unspecified atom stereocenters. The van der Waals surface area contributed by atoms with Gasteiger partial charge < -0.3 is 15.4 Å². The number of hydrogen-bond donors (Lipinski definition) is 2. The van der Waals surface area contributed by atoms with Crippen molar-refractivity contribution in [3.8, 4) is 0 Å². The average Bonchev–Trinajstić information content (AvgIpc) is 2.64. The van der Waals surface area contributed by atoms with E-state index in [1.54, 1.807) is 0 Å². The summed E-state index contributed by atoms with van der Waals surface area (Å²) in [5.74, 6) is 0.918. The van der Waals surface area contributed by atoms with Crippen LogP contribution in [0.5, 0.6) is 0 Å². The summed E-state index contributed by atoms with van der Waals surface area (Å²) in [6.45, 7) is 12.6. The molecule has 1 saturated heterocycles. The normalized spacial score (nSPS) is 17.3. The standard InChI is InChI=1S/C20H34N4O/c1-4-6-11-22-20(21-5-2)23-16-19(24-12-14-25-15-13-24)18-9-7-17(3)8-10-18/h7-10,19H,4-6,11-16H2,1-3H3,(H2,21,22,23). The van der Waals surface area contributed by atoms with Crippen molar-refractivity contribution in [2.24, 2.45) is 4.99 Å². The van der Waals surface area contributed by atoms with Crippen molar-refractivity contribution in [2.75, 3.05) is 45.9 Å². The first-order chi connectivity index (χ1) is 12.2. The minimum Gasteiger partial charge on any atom is -0.379 e. The van der Waals surface area contributed by atoms with E-state index in [1.807, 2.05) is 0 Å². The van der Waals surface area contributed by atoms with E-state index < -0.39 is 0 Å². The molecule has 1 fully saturated rings. The molecule has 140 valence electrons. The van der Waals surface area contributed by atoms with Gasteiger partial charge in [0.1, 0.15) is 0 Å². The summed E-state index contributed by atoms with van der Waals surface area (Å²) >= 11 is 0. The van der Waals surface area contributed by atoms with Crippen molar-refractivity contribution in [1.82, 2.24) is 15.5 Å². The molecule has 0 radical (unpaired) electrons. The van der Waals surface area contributed by atoms with Gasteiger partial charge in [0, 0.05) is 26.2 Å². The minimum atomic E-state index is 0.297. The molecule has 0 aromatic heterocycles. The van der Waals surface area contributed by atoms with Crippen LogP contribution in [0.15, 0.2) is 29.3 Å². The highest BCUT2D eigenvalue weighted by atomic mass is 16.5. The van der Waals surface area contributed by atoms with Gasteiger partial charge in [-0.05, 0) is 25.8 Å². The number of unbranched alkanes of at least 4 members (excludes halogenated alkanes) is 1. The van der Waals surface area contributed by atoms with Gasteiger partial charge in [0.2, 0.25) is 0 Å². The molecular formula is C20H34N4O. The van der Waals surface area contributed by atoms with Gasteiger partial charge in [0.05, 0.1) is 25.8 Å². The largest absolute Gasteiger partial charge is 0.379 e. The van der Waals surface area contributed by atoms with Crippen LogP contribution >= 0.6 is 0 Å². The summed E-state index contributed by atoms with van der Waals surface area (Å²) < 4.78 is 5.53. The molecule has 25 heavy (non-hydrogen) atoms. The maximum absolute atomic E-state index is 5.53. The lowest BCUT2D eigenvalue weighted by atomic mass is 10.0. The zero-order valence-corrected chi connectivity index (χ0v) is 16.1. The van der Waals surface area contributed by atoms with E-state index in [9.17, 15) is 0 Å². The first-order valence-corrected chi connectivity index (χ1v) is 9.65. The number of guanidine groups is 1. The molecule has 0 spiro atoms. The first kappa shape index (κ1) is 19.7. The van der Waals surface area contributed by atoms with Crippen LogP contribution in [0.2, 0.25) is 0 Å². The summed E-state index contributed by atoms with van der Waals surface area (Å²) in [6, 6.07) is 9.16.